The molecule has 1 atom stereocenters. The first kappa shape index (κ1) is 19.1. The normalized spacial score (nSPS) is 18.3. The number of hydrogen-bond donors (Lipinski definition) is 1. The van der Waals surface area contributed by atoms with Gasteiger partial charge in [-0.25, -0.2) is 4.39 Å². The molecule has 0 bridgehead atoms. The van der Waals surface area contributed by atoms with Crippen molar-refractivity contribution in [1.82, 2.24) is 10.2 Å². The van der Waals surface area contributed by atoms with Crippen molar-refractivity contribution >= 4 is 23.4 Å². The van der Waals surface area contributed by atoms with Gasteiger partial charge in [-0.3, -0.25) is 14.4 Å². The summed E-state index contributed by atoms with van der Waals surface area (Å²) in [5.41, 5.74) is 2.43. The van der Waals surface area contributed by atoms with Crippen LogP contribution in [0.1, 0.15) is 34.3 Å². The predicted octanol–water partition coefficient (Wildman–Crippen LogP) is 2.40. The SMILES string of the molecule is Cc1cccc(CNC(=O)CN2C(=O)C3CCCN3C(=O)c3ccc(F)cc32)c1. The van der Waals surface area contributed by atoms with Gasteiger partial charge in [-0.15, -0.1) is 0 Å². The third-order valence-electron chi connectivity index (χ3n) is 5.42. The monoisotopic (exact) mass is 395 g/mol. The van der Waals surface area contributed by atoms with Gasteiger partial charge in [-0.1, -0.05) is 29.8 Å². The minimum absolute atomic E-state index is 0.153. The van der Waals surface area contributed by atoms with Crippen LogP contribution >= 0.6 is 0 Å². The average Bonchev–Trinajstić information content (AvgIpc) is 3.17. The molecule has 0 aliphatic carbocycles. The van der Waals surface area contributed by atoms with Gasteiger partial charge in [0, 0.05) is 13.1 Å². The topological polar surface area (TPSA) is 69.7 Å². The van der Waals surface area contributed by atoms with Gasteiger partial charge in [0.2, 0.25) is 11.8 Å². The summed E-state index contributed by atoms with van der Waals surface area (Å²) in [7, 11) is 0. The molecule has 3 amide bonds. The van der Waals surface area contributed by atoms with Gasteiger partial charge in [0.25, 0.3) is 5.91 Å². The summed E-state index contributed by atoms with van der Waals surface area (Å²) in [5, 5.41) is 2.81. The molecule has 150 valence electrons. The number of halogens is 1. The van der Waals surface area contributed by atoms with E-state index in [4.69, 9.17) is 0 Å². The molecule has 2 aliphatic rings. The lowest BCUT2D eigenvalue weighted by Crippen LogP contribution is -2.48. The number of rotatable bonds is 4. The fourth-order valence-corrected chi connectivity index (χ4v) is 4.01. The predicted molar refractivity (Wildman–Crippen MR) is 106 cm³/mol. The Hall–Kier alpha value is -3.22. The molecule has 0 saturated carbocycles. The fraction of sp³-hybridized carbons (Fsp3) is 0.318. The molecule has 0 aromatic heterocycles. The molecule has 2 aromatic rings. The zero-order chi connectivity index (χ0) is 20.5. The van der Waals surface area contributed by atoms with Crippen molar-refractivity contribution in [2.24, 2.45) is 0 Å². The Morgan fingerprint density at radius 1 is 1.21 bits per heavy atom. The highest BCUT2D eigenvalue weighted by atomic mass is 19.1. The van der Waals surface area contributed by atoms with Crippen LogP contribution in [0, 0.1) is 12.7 Å². The molecule has 6 nitrogen and oxygen atoms in total. The van der Waals surface area contributed by atoms with Crippen molar-refractivity contribution in [1.29, 1.82) is 0 Å². The van der Waals surface area contributed by atoms with Crippen molar-refractivity contribution in [2.75, 3.05) is 18.0 Å². The third-order valence-corrected chi connectivity index (χ3v) is 5.42. The highest BCUT2D eigenvalue weighted by molar-refractivity contribution is 6.12. The molecule has 2 aromatic carbocycles. The smallest absolute Gasteiger partial charge is 0.256 e. The van der Waals surface area contributed by atoms with Crippen molar-refractivity contribution in [3.63, 3.8) is 0 Å². The van der Waals surface area contributed by atoms with Gasteiger partial charge in [0.05, 0.1) is 11.3 Å². The molecular formula is C22H22FN3O3. The van der Waals surface area contributed by atoms with Crippen LogP contribution < -0.4 is 10.2 Å². The van der Waals surface area contributed by atoms with E-state index in [1.165, 1.54) is 21.9 Å². The molecule has 0 radical (unpaired) electrons. The molecule has 2 aliphatic heterocycles. The van der Waals surface area contributed by atoms with Crippen LogP contribution in [0.4, 0.5) is 10.1 Å². The van der Waals surface area contributed by atoms with Crippen LogP contribution in [-0.2, 0) is 16.1 Å². The number of carbonyl (C=O) groups is 3. The molecule has 7 heteroatoms. The molecule has 1 fully saturated rings. The number of nitrogens with zero attached hydrogens (tertiary/aromatic N) is 2. The number of fused-ring (bicyclic) bond motifs is 2. The summed E-state index contributed by atoms with van der Waals surface area (Å²) in [5.74, 6) is -1.56. The highest BCUT2D eigenvalue weighted by Gasteiger charge is 2.42. The van der Waals surface area contributed by atoms with E-state index in [2.05, 4.69) is 5.32 Å². The van der Waals surface area contributed by atoms with E-state index in [-0.39, 0.29) is 35.5 Å². The maximum atomic E-state index is 13.9. The summed E-state index contributed by atoms with van der Waals surface area (Å²) in [6, 6.07) is 10.9. The summed E-state index contributed by atoms with van der Waals surface area (Å²) < 4.78 is 13.9. The lowest BCUT2D eigenvalue weighted by molar-refractivity contribution is -0.125. The molecule has 2 heterocycles. The zero-order valence-electron chi connectivity index (χ0n) is 16.2. The summed E-state index contributed by atoms with van der Waals surface area (Å²) in [4.78, 5) is 41.4. The van der Waals surface area contributed by atoms with Crippen LogP contribution in [0.25, 0.3) is 0 Å². The van der Waals surface area contributed by atoms with Crippen LogP contribution in [0.2, 0.25) is 0 Å². The summed E-state index contributed by atoms with van der Waals surface area (Å²) in [6.07, 6.45) is 1.27. The lowest BCUT2D eigenvalue weighted by Gasteiger charge is -2.25. The van der Waals surface area contributed by atoms with Crippen LogP contribution in [0.15, 0.2) is 42.5 Å². The maximum Gasteiger partial charge on any atom is 0.256 e. The Bertz CT molecular complexity index is 991. The van der Waals surface area contributed by atoms with Crippen molar-refractivity contribution in [2.45, 2.75) is 32.4 Å². The highest BCUT2D eigenvalue weighted by Crippen LogP contribution is 2.32. The second-order valence-corrected chi connectivity index (χ2v) is 7.51. The molecule has 1 saturated heterocycles. The Morgan fingerprint density at radius 3 is 2.83 bits per heavy atom. The largest absolute Gasteiger partial charge is 0.350 e. The van der Waals surface area contributed by atoms with E-state index in [9.17, 15) is 18.8 Å². The number of benzene rings is 2. The average molecular weight is 395 g/mol. The number of aryl methyl sites for hydroxylation is 1. The van der Waals surface area contributed by atoms with E-state index in [1.807, 2.05) is 31.2 Å². The van der Waals surface area contributed by atoms with E-state index in [0.717, 1.165) is 23.6 Å². The minimum atomic E-state index is -0.609. The molecule has 1 unspecified atom stereocenters. The van der Waals surface area contributed by atoms with Crippen LogP contribution in [0.5, 0.6) is 0 Å². The van der Waals surface area contributed by atoms with Gasteiger partial charge >= 0.3 is 0 Å². The van der Waals surface area contributed by atoms with E-state index >= 15 is 0 Å². The standard InChI is InChI=1S/C22H22FN3O3/c1-14-4-2-5-15(10-14)12-24-20(27)13-26-19-11-16(23)7-8-17(19)21(28)25-9-3-6-18(25)22(26)29/h2,4-5,7-8,10-11,18H,3,6,9,12-13H2,1H3,(H,24,27). The van der Waals surface area contributed by atoms with Gasteiger partial charge in [-0.05, 0) is 43.5 Å². The zero-order valence-corrected chi connectivity index (χ0v) is 16.2. The van der Waals surface area contributed by atoms with Gasteiger partial charge in [0.1, 0.15) is 18.4 Å². The first-order valence-corrected chi connectivity index (χ1v) is 9.68. The van der Waals surface area contributed by atoms with E-state index in [1.54, 1.807) is 0 Å². The number of hydrogen-bond acceptors (Lipinski definition) is 3. The van der Waals surface area contributed by atoms with Crippen molar-refractivity contribution in [3.05, 3.63) is 65.0 Å². The van der Waals surface area contributed by atoms with Crippen molar-refractivity contribution in [3.8, 4) is 0 Å². The molecule has 29 heavy (non-hydrogen) atoms. The van der Waals surface area contributed by atoms with Crippen molar-refractivity contribution < 1.29 is 18.8 Å². The second kappa shape index (κ2) is 7.66. The van der Waals surface area contributed by atoms with Crippen LogP contribution in [-0.4, -0.2) is 41.8 Å². The minimum Gasteiger partial charge on any atom is -0.350 e. The lowest BCUT2D eigenvalue weighted by atomic mass is 10.1. The maximum absolute atomic E-state index is 13.9. The second-order valence-electron chi connectivity index (χ2n) is 7.51. The first-order chi connectivity index (χ1) is 13.9. The molecule has 1 N–H and O–H groups in total. The van der Waals surface area contributed by atoms with E-state index in [0.29, 0.717) is 19.5 Å². The molecule has 0 spiro atoms. The van der Waals surface area contributed by atoms with Gasteiger partial charge in [-0.2, -0.15) is 0 Å². The number of carbonyl (C=O) groups excluding carboxylic acids is 3. The first-order valence-electron chi connectivity index (χ1n) is 9.68. The summed E-state index contributed by atoms with van der Waals surface area (Å²) >= 11 is 0. The van der Waals surface area contributed by atoms with Gasteiger partial charge in [0.15, 0.2) is 0 Å². The fourth-order valence-electron chi connectivity index (χ4n) is 4.01. The Morgan fingerprint density at radius 2 is 2.03 bits per heavy atom. The third kappa shape index (κ3) is 3.72. The Labute approximate surface area is 168 Å². The number of anilines is 1. The number of nitrogens with one attached hydrogen (secondary N) is 1. The molecule has 4 rings (SSSR count). The van der Waals surface area contributed by atoms with Gasteiger partial charge < -0.3 is 15.1 Å². The quantitative estimate of drug-likeness (QED) is 0.864. The summed E-state index contributed by atoms with van der Waals surface area (Å²) in [6.45, 7) is 2.52. The Kier molecular flexibility index (Phi) is 5.05. The molecular weight excluding hydrogens is 373 g/mol. The Balaban J connectivity index is 1.58. The number of amides is 3. The van der Waals surface area contributed by atoms with Crippen LogP contribution in [0.3, 0.4) is 0 Å². The van der Waals surface area contributed by atoms with E-state index < -0.39 is 11.9 Å².